The molecule has 0 saturated carbocycles. The smallest absolute Gasteiger partial charge is 0.264 e. The number of hydrogen-bond donors (Lipinski definition) is 2. The summed E-state index contributed by atoms with van der Waals surface area (Å²) in [6, 6.07) is 14.6. The molecule has 0 aliphatic rings. The highest BCUT2D eigenvalue weighted by Gasteiger charge is 2.24. The van der Waals surface area contributed by atoms with E-state index in [1.165, 1.54) is 22.5 Å². The number of benzene rings is 2. The van der Waals surface area contributed by atoms with Crippen molar-refractivity contribution in [2.45, 2.75) is 23.9 Å². The maximum absolute atomic E-state index is 13.2. The molecule has 0 unspecified atom stereocenters. The molecule has 1 heterocycles. The molecule has 0 aliphatic carbocycles. The molecule has 0 saturated heterocycles. The number of carbonyl (C=O) groups excluding carboxylic acids is 1. The van der Waals surface area contributed by atoms with Crippen LogP contribution in [-0.2, 0) is 14.8 Å². The maximum Gasteiger partial charge on any atom is 0.264 e. The van der Waals surface area contributed by atoms with Crippen LogP contribution in [0.1, 0.15) is 12.6 Å². The zero-order chi connectivity index (χ0) is 23.3. The number of carbonyl (C=O) groups is 1. The van der Waals surface area contributed by atoms with Gasteiger partial charge in [-0.3, -0.25) is 9.10 Å². The molecular formula is C21H22ClN5O3S2. The van der Waals surface area contributed by atoms with Crippen LogP contribution in [0, 0.1) is 6.92 Å². The predicted octanol–water partition coefficient (Wildman–Crippen LogP) is 3.97. The van der Waals surface area contributed by atoms with Crippen molar-refractivity contribution >= 4 is 56.5 Å². The van der Waals surface area contributed by atoms with Gasteiger partial charge in [0.05, 0.1) is 27.0 Å². The maximum atomic E-state index is 13.2. The van der Waals surface area contributed by atoms with E-state index in [0.29, 0.717) is 22.4 Å². The van der Waals surface area contributed by atoms with Crippen LogP contribution in [0.15, 0.2) is 64.6 Å². The number of rotatable bonds is 8. The van der Waals surface area contributed by atoms with Gasteiger partial charge >= 0.3 is 0 Å². The van der Waals surface area contributed by atoms with E-state index >= 15 is 0 Å². The Labute approximate surface area is 196 Å². The van der Waals surface area contributed by atoms with Crippen molar-refractivity contribution in [2.24, 2.45) is 0 Å². The predicted molar refractivity (Wildman–Crippen MR) is 129 cm³/mol. The molecule has 11 heteroatoms. The van der Waals surface area contributed by atoms with E-state index < -0.39 is 10.0 Å². The van der Waals surface area contributed by atoms with Gasteiger partial charge in [-0.1, -0.05) is 41.6 Å². The van der Waals surface area contributed by atoms with E-state index in [9.17, 15) is 13.2 Å². The summed E-state index contributed by atoms with van der Waals surface area (Å²) < 4.78 is 27.7. The summed E-state index contributed by atoms with van der Waals surface area (Å²) in [4.78, 5) is 20.8. The largest absolute Gasteiger partial charge is 0.384 e. The van der Waals surface area contributed by atoms with Crippen LogP contribution in [0.25, 0.3) is 0 Å². The molecule has 0 bridgehead atoms. The molecule has 3 aromatic rings. The summed E-state index contributed by atoms with van der Waals surface area (Å²) in [5.41, 5.74) is 7.14. The van der Waals surface area contributed by atoms with Gasteiger partial charge in [0.2, 0.25) is 5.91 Å². The molecule has 0 radical (unpaired) electrons. The molecule has 168 valence electrons. The first-order chi connectivity index (χ1) is 15.2. The topological polar surface area (TPSA) is 118 Å². The highest BCUT2D eigenvalue weighted by molar-refractivity contribution is 7.99. The van der Waals surface area contributed by atoms with Crippen LogP contribution in [0.3, 0.4) is 0 Å². The standard InChI is InChI=1S/C21H22ClN5O3S2/c1-3-27(15-7-5-4-6-8-15)32(29,30)16-9-10-17(22)18(12-16)25-20(28)13-31-21-24-14(2)11-19(23)26-21/h4-12H,3,13H2,1-2H3,(H,25,28)(H2,23,24,26). The summed E-state index contributed by atoms with van der Waals surface area (Å²) in [6.07, 6.45) is 0. The van der Waals surface area contributed by atoms with Gasteiger partial charge in [0, 0.05) is 18.3 Å². The van der Waals surface area contributed by atoms with Gasteiger partial charge in [-0.2, -0.15) is 0 Å². The van der Waals surface area contributed by atoms with Gasteiger partial charge in [0.15, 0.2) is 5.16 Å². The zero-order valence-electron chi connectivity index (χ0n) is 17.4. The molecule has 8 nitrogen and oxygen atoms in total. The summed E-state index contributed by atoms with van der Waals surface area (Å²) in [6.45, 7) is 3.77. The van der Waals surface area contributed by atoms with Crippen LogP contribution in [0.2, 0.25) is 5.02 Å². The molecular weight excluding hydrogens is 470 g/mol. The van der Waals surface area contributed by atoms with Crippen molar-refractivity contribution in [1.82, 2.24) is 9.97 Å². The number of aromatic nitrogens is 2. The van der Waals surface area contributed by atoms with E-state index in [1.807, 2.05) is 6.07 Å². The SMILES string of the molecule is CCN(c1ccccc1)S(=O)(=O)c1ccc(Cl)c(NC(=O)CSc2nc(C)cc(N)n2)c1. The van der Waals surface area contributed by atoms with Crippen molar-refractivity contribution in [2.75, 3.05) is 27.7 Å². The van der Waals surface area contributed by atoms with Crippen LogP contribution < -0.4 is 15.4 Å². The van der Waals surface area contributed by atoms with Gasteiger partial charge in [-0.05, 0) is 44.2 Å². The number of amides is 1. The number of thioether (sulfide) groups is 1. The number of anilines is 3. The van der Waals surface area contributed by atoms with Gasteiger partial charge < -0.3 is 11.1 Å². The third kappa shape index (κ3) is 5.70. The Kier molecular flexibility index (Phi) is 7.60. The number of nitrogens with two attached hydrogens (primary N) is 1. The minimum atomic E-state index is -3.86. The number of aryl methyl sites for hydroxylation is 1. The Morgan fingerprint density at radius 2 is 1.88 bits per heavy atom. The fourth-order valence-electron chi connectivity index (χ4n) is 2.92. The highest BCUT2D eigenvalue weighted by atomic mass is 35.5. The van der Waals surface area contributed by atoms with Crippen molar-refractivity contribution < 1.29 is 13.2 Å². The van der Waals surface area contributed by atoms with Crippen molar-refractivity contribution in [1.29, 1.82) is 0 Å². The van der Waals surface area contributed by atoms with Crippen LogP contribution in [-0.4, -0.2) is 36.6 Å². The summed E-state index contributed by atoms with van der Waals surface area (Å²) in [5, 5.41) is 3.26. The molecule has 32 heavy (non-hydrogen) atoms. The van der Waals surface area contributed by atoms with E-state index in [2.05, 4.69) is 15.3 Å². The van der Waals surface area contributed by atoms with Crippen LogP contribution >= 0.6 is 23.4 Å². The molecule has 0 aliphatic heterocycles. The lowest BCUT2D eigenvalue weighted by atomic mass is 10.3. The quantitative estimate of drug-likeness (QED) is 0.361. The molecule has 3 N–H and O–H groups in total. The van der Waals surface area contributed by atoms with Gasteiger partial charge in [0.25, 0.3) is 10.0 Å². The van der Waals surface area contributed by atoms with Gasteiger partial charge in [-0.15, -0.1) is 0 Å². The minimum absolute atomic E-state index is 0.00129. The number of sulfonamides is 1. The van der Waals surface area contributed by atoms with E-state index in [0.717, 1.165) is 11.8 Å². The molecule has 2 aromatic carbocycles. The van der Waals surface area contributed by atoms with Crippen molar-refractivity contribution in [3.63, 3.8) is 0 Å². The van der Waals surface area contributed by atoms with Gasteiger partial charge in [0.1, 0.15) is 5.82 Å². The van der Waals surface area contributed by atoms with Crippen LogP contribution in [0.4, 0.5) is 17.2 Å². The summed E-state index contributed by atoms with van der Waals surface area (Å²) in [7, 11) is -3.86. The second-order valence-electron chi connectivity index (χ2n) is 6.70. The Balaban J connectivity index is 1.78. The first-order valence-corrected chi connectivity index (χ1v) is 12.4. The van der Waals surface area contributed by atoms with Gasteiger partial charge in [-0.25, -0.2) is 18.4 Å². The fraction of sp³-hybridized carbons (Fsp3) is 0.190. The van der Waals surface area contributed by atoms with E-state index in [1.54, 1.807) is 44.2 Å². The average molecular weight is 492 g/mol. The monoisotopic (exact) mass is 491 g/mol. The first-order valence-electron chi connectivity index (χ1n) is 9.62. The summed E-state index contributed by atoms with van der Waals surface area (Å²) in [5.74, 6) is -0.0628. The third-order valence-corrected chi connectivity index (χ3v) is 7.39. The minimum Gasteiger partial charge on any atom is -0.384 e. The van der Waals surface area contributed by atoms with E-state index in [-0.39, 0.29) is 33.8 Å². The second kappa shape index (κ2) is 10.2. The molecule has 3 rings (SSSR count). The third-order valence-electron chi connectivity index (χ3n) is 4.32. The lowest BCUT2D eigenvalue weighted by molar-refractivity contribution is -0.113. The number of nitrogens with zero attached hydrogens (tertiary/aromatic N) is 3. The number of nitrogens with one attached hydrogen (secondary N) is 1. The van der Waals surface area contributed by atoms with Crippen molar-refractivity contribution in [3.05, 3.63) is 65.3 Å². The molecule has 1 aromatic heterocycles. The normalized spacial score (nSPS) is 11.2. The Morgan fingerprint density at radius 1 is 1.16 bits per heavy atom. The Morgan fingerprint density at radius 3 is 2.53 bits per heavy atom. The zero-order valence-corrected chi connectivity index (χ0v) is 19.8. The molecule has 0 atom stereocenters. The van der Waals surface area contributed by atoms with E-state index in [4.69, 9.17) is 17.3 Å². The number of hydrogen-bond acceptors (Lipinski definition) is 7. The molecule has 1 amide bonds. The lowest BCUT2D eigenvalue weighted by Crippen LogP contribution is -2.30. The number of nitrogen functional groups attached to an aromatic ring is 1. The second-order valence-corrected chi connectivity index (χ2v) is 9.91. The molecule has 0 spiro atoms. The Hall–Kier alpha value is -2.82. The Bertz CT molecular complexity index is 1200. The first kappa shape index (κ1) is 23.8. The van der Waals surface area contributed by atoms with Crippen LogP contribution in [0.5, 0.6) is 0 Å². The average Bonchev–Trinajstić information content (AvgIpc) is 2.74. The van der Waals surface area contributed by atoms with Crippen molar-refractivity contribution in [3.8, 4) is 0 Å². The number of halogens is 1. The molecule has 0 fully saturated rings. The number of para-hydroxylation sites is 1. The fourth-order valence-corrected chi connectivity index (χ4v) is 5.30. The lowest BCUT2D eigenvalue weighted by Gasteiger charge is -2.23. The summed E-state index contributed by atoms with van der Waals surface area (Å²) >= 11 is 7.32. The highest BCUT2D eigenvalue weighted by Crippen LogP contribution is 2.29.